The summed E-state index contributed by atoms with van der Waals surface area (Å²) in [5, 5.41) is 3.09. The van der Waals surface area contributed by atoms with Gasteiger partial charge in [0, 0.05) is 18.1 Å². The van der Waals surface area contributed by atoms with Gasteiger partial charge in [0.15, 0.2) is 5.13 Å². The molecule has 0 fully saturated rings. The summed E-state index contributed by atoms with van der Waals surface area (Å²) in [5.74, 6) is -1.04. The van der Waals surface area contributed by atoms with Gasteiger partial charge in [-0.25, -0.2) is 17.8 Å². The molecule has 0 atom stereocenters. The van der Waals surface area contributed by atoms with Crippen LogP contribution in [0.15, 0.2) is 53.6 Å². The lowest BCUT2D eigenvalue weighted by Crippen LogP contribution is -2.27. The van der Waals surface area contributed by atoms with Crippen LogP contribution in [0.4, 0.5) is 15.2 Å². The van der Waals surface area contributed by atoms with Crippen molar-refractivity contribution in [2.75, 3.05) is 16.7 Å². The van der Waals surface area contributed by atoms with Crippen molar-refractivity contribution in [3.63, 3.8) is 0 Å². The van der Waals surface area contributed by atoms with Crippen molar-refractivity contribution in [3.8, 4) is 0 Å². The van der Waals surface area contributed by atoms with E-state index in [1.807, 2.05) is 6.92 Å². The largest absolute Gasteiger partial charge is 0.298 e. The molecule has 0 spiro atoms. The zero-order chi connectivity index (χ0) is 20.5. The summed E-state index contributed by atoms with van der Waals surface area (Å²) in [4.78, 5) is 17.4. The minimum Gasteiger partial charge on any atom is -0.298 e. The minimum absolute atomic E-state index is 0.00287. The highest BCUT2D eigenvalue weighted by molar-refractivity contribution is 7.92. The number of rotatable bonds is 5. The fraction of sp³-hybridized carbons (Fsp3) is 0.111. The van der Waals surface area contributed by atoms with Crippen molar-refractivity contribution < 1.29 is 17.6 Å². The highest BCUT2D eigenvalue weighted by Crippen LogP contribution is 2.27. The average Bonchev–Trinajstić information content (AvgIpc) is 3.06. The summed E-state index contributed by atoms with van der Waals surface area (Å²) in [6.07, 6.45) is 1.61. The molecule has 0 aliphatic heterocycles. The Kier molecular flexibility index (Phi) is 5.69. The number of amides is 1. The molecule has 2 aromatic carbocycles. The summed E-state index contributed by atoms with van der Waals surface area (Å²) in [6, 6.07) is 8.88. The fourth-order valence-electron chi connectivity index (χ4n) is 2.36. The first-order valence-corrected chi connectivity index (χ1v) is 10.6. The van der Waals surface area contributed by atoms with E-state index < -0.39 is 21.7 Å². The maximum absolute atomic E-state index is 13.1. The van der Waals surface area contributed by atoms with E-state index in [4.69, 9.17) is 11.6 Å². The SMILES string of the molecule is Cc1cnc(NC(=O)c2cc(S(=O)(=O)N(C)c3ccc(F)cc3)ccc2Cl)s1. The molecule has 1 heterocycles. The van der Waals surface area contributed by atoms with Gasteiger partial charge >= 0.3 is 0 Å². The number of nitrogens with zero attached hydrogens (tertiary/aromatic N) is 2. The van der Waals surface area contributed by atoms with Crippen LogP contribution in [0.3, 0.4) is 0 Å². The van der Waals surface area contributed by atoms with Gasteiger partial charge in [0.05, 0.1) is 21.2 Å². The van der Waals surface area contributed by atoms with E-state index in [9.17, 15) is 17.6 Å². The van der Waals surface area contributed by atoms with Gasteiger partial charge in [-0.15, -0.1) is 11.3 Å². The van der Waals surface area contributed by atoms with Gasteiger partial charge in [-0.3, -0.25) is 14.4 Å². The van der Waals surface area contributed by atoms with Gasteiger partial charge in [-0.05, 0) is 49.4 Å². The van der Waals surface area contributed by atoms with E-state index in [2.05, 4.69) is 10.3 Å². The van der Waals surface area contributed by atoms with Crippen molar-refractivity contribution in [2.45, 2.75) is 11.8 Å². The Balaban J connectivity index is 1.93. The number of carbonyl (C=O) groups excluding carboxylic acids is 1. The number of nitrogens with one attached hydrogen (secondary N) is 1. The molecule has 28 heavy (non-hydrogen) atoms. The number of halogens is 2. The predicted molar refractivity (Wildman–Crippen MR) is 108 cm³/mol. The van der Waals surface area contributed by atoms with E-state index in [-0.39, 0.29) is 21.2 Å². The van der Waals surface area contributed by atoms with E-state index in [1.54, 1.807) is 6.20 Å². The van der Waals surface area contributed by atoms with Crippen molar-refractivity contribution in [2.24, 2.45) is 0 Å². The van der Waals surface area contributed by atoms with Gasteiger partial charge in [-0.2, -0.15) is 0 Å². The molecule has 3 rings (SSSR count). The van der Waals surface area contributed by atoms with Crippen LogP contribution in [0, 0.1) is 12.7 Å². The van der Waals surface area contributed by atoms with Crippen LogP contribution >= 0.6 is 22.9 Å². The highest BCUT2D eigenvalue weighted by Gasteiger charge is 2.24. The fourth-order valence-corrected chi connectivity index (χ4v) is 4.45. The van der Waals surface area contributed by atoms with Crippen molar-refractivity contribution in [1.29, 1.82) is 0 Å². The number of aryl methyl sites for hydroxylation is 1. The Hall–Kier alpha value is -2.49. The second-order valence-electron chi connectivity index (χ2n) is 5.82. The number of sulfonamides is 1. The Morgan fingerprint density at radius 3 is 2.50 bits per heavy atom. The lowest BCUT2D eigenvalue weighted by Gasteiger charge is -2.20. The molecule has 1 N–H and O–H groups in total. The second-order valence-corrected chi connectivity index (χ2v) is 9.43. The lowest BCUT2D eigenvalue weighted by atomic mass is 10.2. The molecule has 0 bridgehead atoms. The van der Waals surface area contributed by atoms with Crippen LogP contribution in [0.1, 0.15) is 15.2 Å². The highest BCUT2D eigenvalue weighted by atomic mass is 35.5. The average molecular weight is 440 g/mol. The molecule has 3 aromatic rings. The number of thiazole rings is 1. The van der Waals surface area contributed by atoms with Crippen LogP contribution in [0.2, 0.25) is 5.02 Å². The number of hydrogen-bond acceptors (Lipinski definition) is 5. The van der Waals surface area contributed by atoms with Crippen molar-refractivity contribution in [3.05, 3.63) is 69.9 Å². The molecule has 1 aromatic heterocycles. The van der Waals surface area contributed by atoms with Gasteiger partial charge < -0.3 is 0 Å². The van der Waals surface area contributed by atoms with Gasteiger partial charge in [0.1, 0.15) is 5.82 Å². The molecular weight excluding hydrogens is 425 g/mol. The molecule has 0 aliphatic rings. The standard InChI is InChI=1S/C18H15ClFN3O3S2/c1-11-10-21-18(27-11)22-17(24)15-9-14(7-8-16(15)19)28(25,26)23(2)13-5-3-12(20)4-6-13/h3-10H,1-2H3,(H,21,22,24). The molecule has 0 radical (unpaired) electrons. The summed E-state index contributed by atoms with van der Waals surface area (Å²) in [6.45, 7) is 1.85. The maximum atomic E-state index is 13.1. The van der Waals surface area contributed by atoms with Crippen LogP contribution in [0.5, 0.6) is 0 Å². The summed E-state index contributed by atoms with van der Waals surface area (Å²) < 4.78 is 39.9. The van der Waals surface area contributed by atoms with E-state index in [1.165, 1.54) is 48.7 Å². The Labute approximate surface area is 170 Å². The third-order valence-electron chi connectivity index (χ3n) is 3.87. The quantitative estimate of drug-likeness (QED) is 0.642. The molecule has 0 saturated heterocycles. The van der Waals surface area contributed by atoms with Crippen molar-refractivity contribution >= 4 is 49.7 Å². The number of hydrogen-bond donors (Lipinski definition) is 1. The lowest BCUT2D eigenvalue weighted by molar-refractivity contribution is 0.102. The molecule has 1 amide bonds. The van der Waals surface area contributed by atoms with E-state index in [0.29, 0.717) is 5.13 Å². The Morgan fingerprint density at radius 1 is 1.21 bits per heavy atom. The number of benzene rings is 2. The molecule has 10 heteroatoms. The Bertz CT molecular complexity index is 1130. The predicted octanol–water partition coefficient (Wildman–Crippen LogP) is 4.32. The third kappa shape index (κ3) is 4.16. The maximum Gasteiger partial charge on any atom is 0.264 e. The first-order chi connectivity index (χ1) is 13.2. The Morgan fingerprint density at radius 2 is 1.89 bits per heavy atom. The van der Waals surface area contributed by atoms with Crippen LogP contribution in [-0.4, -0.2) is 26.4 Å². The van der Waals surface area contributed by atoms with E-state index in [0.717, 1.165) is 21.3 Å². The molecule has 6 nitrogen and oxygen atoms in total. The second kappa shape index (κ2) is 7.86. The van der Waals surface area contributed by atoms with Gasteiger partial charge in [0.2, 0.25) is 0 Å². The molecular formula is C18H15ClFN3O3S2. The first kappa shape index (κ1) is 20.2. The number of anilines is 2. The third-order valence-corrected chi connectivity index (χ3v) is 6.81. The molecule has 146 valence electrons. The van der Waals surface area contributed by atoms with Crippen molar-refractivity contribution in [1.82, 2.24) is 4.98 Å². The van der Waals surface area contributed by atoms with Crippen LogP contribution < -0.4 is 9.62 Å². The number of carbonyl (C=O) groups is 1. The van der Waals surface area contributed by atoms with E-state index >= 15 is 0 Å². The molecule has 0 aliphatic carbocycles. The zero-order valence-electron chi connectivity index (χ0n) is 14.8. The van der Waals surface area contributed by atoms with Gasteiger partial charge in [0.25, 0.3) is 15.9 Å². The first-order valence-electron chi connectivity index (χ1n) is 7.96. The smallest absolute Gasteiger partial charge is 0.264 e. The van der Waals surface area contributed by atoms with Gasteiger partial charge in [-0.1, -0.05) is 11.6 Å². The molecule has 0 saturated carbocycles. The normalized spacial score (nSPS) is 11.3. The number of aromatic nitrogens is 1. The van der Waals surface area contributed by atoms with Crippen LogP contribution in [0.25, 0.3) is 0 Å². The summed E-state index contributed by atoms with van der Waals surface area (Å²) in [7, 11) is -2.64. The topological polar surface area (TPSA) is 79.4 Å². The minimum atomic E-state index is -3.99. The summed E-state index contributed by atoms with van der Waals surface area (Å²) in [5.41, 5.74) is 0.281. The summed E-state index contributed by atoms with van der Waals surface area (Å²) >= 11 is 7.39. The monoisotopic (exact) mass is 439 g/mol. The zero-order valence-corrected chi connectivity index (χ0v) is 17.2. The van der Waals surface area contributed by atoms with Crippen LogP contribution in [-0.2, 0) is 10.0 Å². The molecule has 0 unspecified atom stereocenters.